The predicted molar refractivity (Wildman–Crippen MR) is 134 cm³/mol. The second-order valence-corrected chi connectivity index (χ2v) is 10.6. The minimum absolute atomic E-state index is 0.0203. The highest BCUT2D eigenvalue weighted by molar-refractivity contribution is 7.92. The van der Waals surface area contributed by atoms with Gasteiger partial charge in [-0.15, -0.1) is 11.3 Å². The molecule has 3 heterocycles. The first kappa shape index (κ1) is 19.2. The smallest absolute Gasteiger partial charge is 0.264 e. The van der Waals surface area contributed by atoms with Gasteiger partial charge in [0.1, 0.15) is 22.3 Å². The lowest BCUT2D eigenvalue weighted by atomic mass is 10.0. The normalized spacial score (nSPS) is 18.2. The molecule has 188 valence electrons. The van der Waals surface area contributed by atoms with E-state index in [1.807, 2.05) is 4.72 Å². The molecule has 5 aromatic rings. The number of benzene rings is 2. The molecule has 37 heavy (non-hydrogen) atoms. The molecular weight excluding hydrogens is 527 g/mol. The van der Waals surface area contributed by atoms with Crippen LogP contribution in [-0.2, 0) is 10.0 Å². The summed E-state index contributed by atoms with van der Waals surface area (Å²) in [5.74, 6) is -4.01. The van der Waals surface area contributed by atoms with Gasteiger partial charge in [-0.1, -0.05) is 0 Å². The molecule has 1 aliphatic rings. The molecule has 0 spiro atoms. The molecular formula is C24H16F3N5O3S2. The van der Waals surface area contributed by atoms with Gasteiger partial charge in [0, 0.05) is 35.2 Å². The molecule has 0 bridgehead atoms. The van der Waals surface area contributed by atoms with E-state index in [4.69, 9.17) is 11.2 Å². The molecule has 0 amide bonds. The van der Waals surface area contributed by atoms with Crippen molar-refractivity contribution in [2.45, 2.75) is 23.7 Å². The van der Waals surface area contributed by atoms with Gasteiger partial charge >= 0.3 is 0 Å². The number of aromatic nitrogens is 3. The van der Waals surface area contributed by atoms with Gasteiger partial charge in [-0.2, -0.15) is 0 Å². The first-order valence-electron chi connectivity index (χ1n) is 12.5. The van der Waals surface area contributed by atoms with Crippen LogP contribution < -0.4 is 16.0 Å². The van der Waals surface area contributed by atoms with Crippen LogP contribution >= 0.6 is 11.3 Å². The van der Waals surface area contributed by atoms with Crippen LogP contribution in [0.25, 0.3) is 32.2 Å². The summed E-state index contributed by atoms with van der Waals surface area (Å²) >= 11 is 1.05. The van der Waals surface area contributed by atoms with Gasteiger partial charge in [0.05, 0.1) is 38.1 Å². The number of hydrogen-bond donors (Lipinski definition) is 2. The highest BCUT2D eigenvalue weighted by Crippen LogP contribution is 2.38. The van der Waals surface area contributed by atoms with Gasteiger partial charge in [-0.25, -0.2) is 31.6 Å². The van der Waals surface area contributed by atoms with Crippen molar-refractivity contribution in [1.29, 1.82) is 0 Å². The zero-order valence-corrected chi connectivity index (χ0v) is 19.9. The Balaban J connectivity index is 1.53. The molecule has 0 unspecified atom stereocenters. The minimum atomic E-state index is -4.75. The number of nitrogen functional groups attached to an aromatic ring is 1. The van der Waals surface area contributed by atoms with Crippen molar-refractivity contribution in [3.05, 3.63) is 75.9 Å². The van der Waals surface area contributed by atoms with Gasteiger partial charge in [0.15, 0.2) is 5.82 Å². The summed E-state index contributed by atoms with van der Waals surface area (Å²) in [4.78, 5) is 20.6. The number of pyridine rings is 2. The van der Waals surface area contributed by atoms with Crippen molar-refractivity contribution < 1.29 is 27.1 Å². The van der Waals surface area contributed by atoms with Crippen molar-refractivity contribution >= 4 is 54.0 Å². The Morgan fingerprint density at radius 1 is 1.11 bits per heavy atom. The van der Waals surface area contributed by atoms with E-state index in [-0.39, 0.29) is 22.2 Å². The third kappa shape index (κ3) is 3.90. The van der Waals surface area contributed by atoms with Crippen molar-refractivity contribution in [3.63, 3.8) is 0 Å². The monoisotopic (exact) mass is 547 g/mol. The number of fused-ring (bicyclic) bond motifs is 2. The van der Waals surface area contributed by atoms with Gasteiger partial charge in [-0.3, -0.25) is 9.52 Å². The summed E-state index contributed by atoms with van der Waals surface area (Å²) in [6, 6.07) is 3.98. The van der Waals surface area contributed by atoms with Crippen LogP contribution in [0.5, 0.6) is 0 Å². The molecule has 0 aliphatic heterocycles. The first-order valence-corrected chi connectivity index (χ1v) is 12.9. The molecule has 2 aromatic carbocycles. The fourth-order valence-corrected chi connectivity index (χ4v) is 5.91. The van der Waals surface area contributed by atoms with E-state index in [2.05, 4.69) is 9.97 Å². The number of sulfonamides is 1. The largest absolute Gasteiger partial charge is 0.384 e. The van der Waals surface area contributed by atoms with E-state index in [0.29, 0.717) is 10.8 Å². The van der Waals surface area contributed by atoms with Gasteiger partial charge in [-0.05, 0) is 37.0 Å². The lowest BCUT2D eigenvalue weighted by Crippen LogP contribution is -2.22. The minimum Gasteiger partial charge on any atom is -0.384 e. The zero-order chi connectivity index (χ0) is 29.6. The molecule has 0 saturated heterocycles. The Hall–Kier alpha value is -3.97. The van der Waals surface area contributed by atoms with Crippen molar-refractivity contribution in [2.75, 3.05) is 10.5 Å². The summed E-state index contributed by atoms with van der Waals surface area (Å²) in [6.45, 7) is 0. The SMILES string of the molecule is [2H]C1([2H])C(n2c(=O)c(-c3c(F)ccc(NS(=O)(=O)c4cc5scnc5cc4F)c3F)cc3cnc(N)cc32)C1([2H])[2H]. The van der Waals surface area contributed by atoms with Gasteiger partial charge in [0.25, 0.3) is 15.6 Å². The highest BCUT2D eigenvalue weighted by Gasteiger charge is 2.30. The maximum Gasteiger partial charge on any atom is 0.264 e. The quantitative estimate of drug-likeness (QED) is 0.326. The zero-order valence-electron chi connectivity index (χ0n) is 22.3. The van der Waals surface area contributed by atoms with E-state index in [1.165, 1.54) is 17.8 Å². The third-order valence-electron chi connectivity index (χ3n) is 5.75. The Kier molecular flexibility index (Phi) is 4.29. The van der Waals surface area contributed by atoms with E-state index in [1.54, 1.807) is 0 Å². The molecule has 1 fully saturated rings. The van der Waals surface area contributed by atoms with Gasteiger partial charge < -0.3 is 10.3 Å². The maximum absolute atomic E-state index is 15.9. The maximum atomic E-state index is 15.9. The summed E-state index contributed by atoms with van der Waals surface area (Å²) < 4.78 is 107. The number of thiazole rings is 1. The second-order valence-electron chi connectivity index (χ2n) is 8.08. The Morgan fingerprint density at radius 3 is 2.65 bits per heavy atom. The van der Waals surface area contributed by atoms with Crippen LogP contribution in [0, 0.1) is 17.5 Å². The molecule has 13 heteroatoms. The molecule has 0 atom stereocenters. The first-order chi connectivity index (χ1) is 19.1. The Labute approximate surface area is 216 Å². The average Bonchev–Trinajstić information content (AvgIpc) is 3.17. The lowest BCUT2D eigenvalue weighted by molar-refractivity contribution is 0.569. The second kappa shape index (κ2) is 8.28. The van der Waals surface area contributed by atoms with Crippen LogP contribution in [0.15, 0.2) is 57.8 Å². The van der Waals surface area contributed by atoms with Crippen LogP contribution in [0.1, 0.15) is 24.3 Å². The molecule has 3 aromatic heterocycles. The molecule has 1 aliphatic carbocycles. The molecule has 1 saturated carbocycles. The highest BCUT2D eigenvalue weighted by atomic mass is 32.2. The fourth-order valence-electron chi connectivity index (χ4n) is 3.99. The number of halogens is 3. The molecule has 3 N–H and O–H groups in total. The molecule has 0 radical (unpaired) electrons. The number of rotatable bonds is 5. The van der Waals surface area contributed by atoms with Crippen molar-refractivity contribution in [1.82, 2.24) is 14.5 Å². The van der Waals surface area contributed by atoms with Crippen LogP contribution in [0.4, 0.5) is 24.7 Å². The summed E-state index contributed by atoms with van der Waals surface area (Å²) in [5.41, 5.74) is 3.73. The standard InChI is InChI=1S/C24H16F3N5O3S2/c25-14-3-4-16(31-37(34,35)20-8-19-17(6-15(20)26)30-10-36-19)23(27)22(14)13-5-11-9-29-21(28)7-18(11)32(24(13)33)12-1-2-12/h3-10,12,31H,1-2H2,(H2,28,29)/i1D2,2D2. The number of nitrogens with two attached hydrogens (primary N) is 1. The van der Waals surface area contributed by atoms with Crippen molar-refractivity contribution in [3.8, 4) is 11.1 Å². The number of anilines is 2. The number of nitrogens with zero attached hydrogens (tertiary/aromatic N) is 3. The van der Waals surface area contributed by atoms with Crippen LogP contribution in [0.3, 0.4) is 0 Å². The van der Waals surface area contributed by atoms with Gasteiger partial charge in [0.2, 0.25) is 0 Å². The Bertz CT molecular complexity index is 2090. The van der Waals surface area contributed by atoms with E-state index >= 15 is 8.78 Å². The number of nitrogens with one attached hydrogen (secondary N) is 1. The fraction of sp³-hybridized carbons (Fsp3) is 0.125. The van der Waals surface area contributed by atoms with Crippen LogP contribution in [0.2, 0.25) is 0 Å². The van der Waals surface area contributed by atoms with E-state index < -0.39 is 73.5 Å². The topological polar surface area (TPSA) is 120 Å². The summed E-state index contributed by atoms with van der Waals surface area (Å²) in [6.07, 6.45) is -3.84. The summed E-state index contributed by atoms with van der Waals surface area (Å²) in [7, 11) is -4.75. The molecule has 8 nitrogen and oxygen atoms in total. The van der Waals surface area contributed by atoms with Crippen LogP contribution in [-0.4, -0.2) is 23.0 Å². The Morgan fingerprint density at radius 2 is 1.89 bits per heavy atom. The van der Waals surface area contributed by atoms with Crippen molar-refractivity contribution in [2.24, 2.45) is 0 Å². The third-order valence-corrected chi connectivity index (χ3v) is 7.92. The average molecular weight is 548 g/mol. The lowest BCUT2D eigenvalue weighted by Gasteiger charge is -2.15. The van der Waals surface area contributed by atoms with E-state index in [0.717, 1.165) is 40.2 Å². The van der Waals surface area contributed by atoms with E-state index in [9.17, 15) is 17.6 Å². The molecule has 6 rings (SSSR count). The number of hydrogen-bond acceptors (Lipinski definition) is 7. The predicted octanol–water partition coefficient (Wildman–Crippen LogP) is 4.81. The summed E-state index contributed by atoms with van der Waals surface area (Å²) in [5, 5.41) is 0.0806.